The molecule has 1 saturated carbocycles. The second-order valence-electron chi connectivity index (χ2n) is 6.44. The number of rotatable bonds is 5. The minimum Gasteiger partial charge on any atom is -0.325 e. The van der Waals surface area contributed by atoms with Gasteiger partial charge in [-0.1, -0.05) is 5.92 Å². The molecule has 4 atom stereocenters. The molecular weight excluding hydrogens is 297 g/mol. The maximum atomic E-state index is 13.4. The van der Waals surface area contributed by atoms with E-state index < -0.39 is 12.2 Å². The Bertz CT molecular complexity index is 570. The van der Waals surface area contributed by atoms with Crippen LogP contribution in [0.4, 0.5) is 4.39 Å². The summed E-state index contributed by atoms with van der Waals surface area (Å²) in [5, 5.41) is 7.43. The average Bonchev–Trinajstić information content (AvgIpc) is 3.26. The average molecular weight is 319 g/mol. The van der Waals surface area contributed by atoms with E-state index in [4.69, 9.17) is 6.42 Å². The van der Waals surface area contributed by atoms with Crippen molar-refractivity contribution in [2.75, 3.05) is 13.1 Å². The minimum atomic E-state index is -1.00. The van der Waals surface area contributed by atoms with E-state index in [9.17, 15) is 9.18 Å². The fraction of sp³-hybridized carbons (Fsp3) is 0.688. The standard InChI is InChI=1S/C16H22FN5O/c1-2-15-6-13(17)9-22(15)16(23)7-19-14-4-3-12(5-14)8-21-11-18-10-20-21/h1,10-15,19H,3-9H2/t12-,13-,14+,15+/m0/s1. The number of aromatic nitrogens is 3. The van der Waals surface area contributed by atoms with Gasteiger partial charge in [0.2, 0.25) is 5.91 Å². The van der Waals surface area contributed by atoms with E-state index >= 15 is 0 Å². The SMILES string of the molecule is C#C[C@@H]1C[C@H](F)CN1C(=O)CN[C@@H]1CC[C@H](Cn2cncn2)C1. The number of terminal acetylenes is 1. The van der Waals surface area contributed by atoms with Crippen LogP contribution in [0.2, 0.25) is 0 Å². The van der Waals surface area contributed by atoms with Gasteiger partial charge in [-0.25, -0.2) is 9.37 Å². The number of carbonyl (C=O) groups excluding carboxylic acids is 1. The van der Waals surface area contributed by atoms with Gasteiger partial charge in [0.15, 0.2) is 0 Å². The van der Waals surface area contributed by atoms with Gasteiger partial charge >= 0.3 is 0 Å². The van der Waals surface area contributed by atoms with Crippen molar-refractivity contribution in [1.82, 2.24) is 25.0 Å². The van der Waals surface area contributed by atoms with Crippen LogP contribution in [0.1, 0.15) is 25.7 Å². The number of halogens is 1. The molecule has 23 heavy (non-hydrogen) atoms. The minimum absolute atomic E-state index is 0.104. The second-order valence-corrected chi connectivity index (χ2v) is 6.44. The molecule has 2 aliphatic rings. The Morgan fingerprint density at radius 1 is 1.43 bits per heavy atom. The van der Waals surface area contributed by atoms with Crippen LogP contribution in [-0.4, -0.2) is 56.9 Å². The van der Waals surface area contributed by atoms with E-state index in [2.05, 4.69) is 21.3 Å². The zero-order valence-electron chi connectivity index (χ0n) is 13.1. The Kier molecular flexibility index (Phi) is 4.91. The summed E-state index contributed by atoms with van der Waals surface area (Å²) < 4.78 is 15.3. The molecule has 0 radical (unpaired) electrons. The van der Waals surface area contributed by atoms with Crippen molar-refractivity contribution >= 4 is 5.91 Å². The van der Waals surface area contributed by atoms with Crippen LogP contribution >= 0.6 is 0 Å². The number of hydrogen-bond donors (Lipinski definition) is 1. The Balaban J connectivity index is 1.42. The Hall–Kier alpha value is -1.94. The molecule has 1 aromatic rings. The van der Waals surface area contributed by atoms with Crippen molar-refractivity contribution < 1.29 is 9.18 Å². The molecule has 0 bridgehead atoms. The van der Waals surface area contributed by atoms with E-state index in [-0.39, 0.29) is 25.4 Å². The second kappa shape index (κ2) is 7.09. The van der Waals surface area contributed by atoms with Crippen molar-refractivity contribution in [3.05, 3.63) is 12.7 Å². The van der Waals surface area contributed by atoms with E-state index in [1.54, 1.807) is 12.7 Å². The summed E-state index contributed by atoms with van der Waals surface area (Å²) in [7, 11) is 0. The summed E-state index contributed by atoms with van der Waals surface area (Å²) in [4.78, 5) is 17.7. The zero-order valence-corrected chi connectivity index (χ0v) is 13.1. The zero-order chi connectivity index (χ0) is 16.2. The molecule has 124 valence electrons. The third-order valence-electron chi connectivity index (χ3n) is 4.76. The Morgan fingerprint density at radius 2 is 2.30 bits per heavy atom. The monoisotopic (exact) mass is 319 g/mol. The number of amides is 1. The third-order valence-corrected chi connectivity index (χ3v) is 4.76. The smallest absolute Gasteiger partial charge is 0.237 e. The van der Waals surface area contributed by atoms with Gasteiger partial charge in [-0.2, -0.15) is 5.10 Å². The molecule has 0 spiro atoms. The number of likely N-dealkylation sites (tertiary alicyclic amines) is 1. The van der Waals surface area contributed by atoms with Gasteiger partial charge in [-0.15, -0.1) is 6.42 Å². The topological polar surface area (TPSA) is 63.1 Å². The van der Waals surface area contributed by atoms with Crippen molar-refractivity contribution in [3.8, 4) is 12.3 Å². The lowest BCUT2D eigenvalue weighted by Gasteiger charge is -2.22. The molecule has 1 amide bonds. The van der Waals surface area contributed by atoms with Gasteiger partial charge < -0.3 is 10.2 Å². The predicted molar refractivity (Wildman–Crippen MR) is 83.0 cm³/mol. The molecule has 0 unspecified atom stereocenters. The largest absolute Gasteiger partial charge is 0.325 e. The summed E-state index contributed by atoms with van der Waals surface area (Å²) in [5.74, 6) is 2.95. The normalized spacial score (nSPS) is 30.5. The summed E-state index contributed by atoms with van der Waals surface area (Å²) >= 11 is 0. The van der Waals surface area contributed by atoms with Crippen LogP contribution in [-0.2, 0) is 11.3 Å². The lowest BCUT2D eigenvalue weighted by atomic mass is 10.1. The summed E-state index contributed by atoms with van der Waals surface area (Å²) in [6.07, 6.45) is 11.1. The van der Waals surface area contributed by atoms with Crippen molar-refractivity contribution in [1.29, 1.82) is 0 Å². The van der Waals surface area contributed by atoms with Gasteiger partial charge in [0.1, 0.15) is 18.8 Å². The highest BCUT2D eigenvalue weighted by Gasteiger charge is 2.34. The van der Waals surface area contributed by atoms with E-state index in [0.717, 1.165) is 25.8 Å². The fourth-order valence-electron chi connectivity index (χ4n) is 3.57. The summed E-state index contributed by atoms with van der Waals surface area (Å²) in [5.41, 5.74) is 0. The maximum absolute atomic E-state index is 13.4. The van der Waals surface area contributed by atoms with Crippen LogP contribution in [0.5, 0.6) is 0 Å². The van der Waals surface area contributed by atoms with Gasteiger partial charge in [0.05, 0.1) is 19.1 Å². The van der Waals surface area contributed by atoms with E-state index in [0.29, 0.717) is 12.0 Å². The molecule has 1 aliphatic carbocycles. The third kappa shape index (κ3) is 3.88. The van der Waals surface area contributed by atoms with Crippen LogP contribution < -0.4 is 5.32 Å². The molecule has 3 rings (SSSR count). The Labute approximate surface area is 135 Å². The molecule has 1 N–H and O–H groups in total. The lowest BCUT2D eigenvalue weighted by molar-refractivity contribution is -0.130. The van der Waals surface area contributed by atoms with Gasteiger partial charge in [0, 0.05) is 19.0 Å². The first kappa shape index (κ1) is 15.9. The highest BCUT2D eigenvalue weighted by molar-refractivity contribution is 5.79. The lowest BCUT2D eigenvalue weighted by Crippen LogP contribution is -2.43. The number of nitrogens with zero attached hydrogens (tertiary/aromatic N) is 4. The Morgan fingerprint density at radius 3 is 3.04 bits per heavy atom. The number of nitrogens with one attached hydrogen (secondary N) is 1. The highest BCUT2D eigenvalue weighted by Crippen LogP contribution is 2.27. The van der Waals surface area contributed by atoms with Gasteiger partial charge in [-0.05, 0) is 25.2 Å². The quantitative estimate of drug-likeness (QED) is 0.808. The molecule has 1 aliphatic heterocycles. The van der Waals surface area contributed by atoms with E-state index in [1.807, 2.05) is 4.68 Å². The molecule has 7 heteroatoms. The molecule has 2 heterocycles. The summed E-state index contributed by atoms with van der Waals surface area (Å²) in [6.45, 7) is 1.21. The molecule has 1 aromatic heterocycles. The van der Waals surface area contributed by atoms with Crippen molar-refractivity contribution in [2.24, 2.45) is 5.92 Å². The molecule has 0 aromatic carbocycles. The van der Waals surface area contributed by atoms with Crippen LogP contribution in [0.3, 0.4) is 0 Å². The van der Waals surface area contributed by atoms with Crippen LogP contribution in [0.25, 0.3) is 0 Å². The van der Waals surface area contributed by atoms with Crippen molar-refractivity contribution in [2.45, 2.75) is 50.5 Å². The number of hydrogen-bond acceptors (Lipinski definition) is 4. The van der Waals surface area contributed by atoms with Gasteiger partial charge in [0.25, 0.3) is 0 Å². The first-order valence-electron chi connectivity index (χ1n) is 8.11. The van der Waals surface area contributed by atoms with Gasteiger partial charge in [-0.3, -0.25) is 9.48 Å². The first-order valence-corrected chi connectivity index (χ1v) is 8.11. The fourth-order valence-corrected chi connectivity index (χ4v) is 3.57. The van der Waals surface area contributed by atoms with Crippen LogP contribution in [0.15, 0.2) is 12.7 Å². The first-order chi connectivity index (χ1) is 11.2. The molecule has 1 saturated heterocycles. The molecular formula is C16H22FN5O. The van der Waals surface area contributed by atoms with Crippen LogP contribution in [0, 0.1) is 18.3 Å². The summed E-state index contributed by atoms with van der Waals surface area (Å²) in [6, 6.07) is -0.0801. The van der Waals surface area contributed by atoms with E-state index in [1.165, 1.54) is 4.90 Å². The molecule has 6 nitrogen and oxygen atoms in total. The van der Waals surface area contributed by atoms with Crippen molar-refractivity contribution in [3.63, 3.8) is 0 Å². The predicted octanol–water partition coefficient (Wildman–Crippen LogP) is 0.609. The number of alkyl halides is 1. The maximum Gasteiger partial charge on any atom is 0.237 e. The number of carbonyl (C=O) groups is 1. The molecule has 2 fully saturated rings. The highest BCUT2D eigenvalue weighted by atomic mass is 19.1.